The third kappa shape index (κ3) is 4.02. The molecule has 0 radical (unpaired) electrons. The molecule has 0 aliphatic carbocycles. The summed E-state index contributed by atoms with van der Waals surface area (Å²) >= 11 is 1.89. The summed E-state index contributed by atoms with van der Waals surface area (Å²) < 4.78 is 5.96. The average molecular weight is 299 g/mol. The van der Waals surface area contributed by atoms with Gasteiger partial charge in [-0.15, -0.1) is 11.8 Å². The van der Waals surface area contributed by atoms with E-state index in [0.29, 0.717) is 0 Å². The number of benzene rings is 2. The molecule has 3 heteroatoms. The van der Waals surface area contributed by atoms with Crippen LogP contribution in [-0.2, 0) is 6.42 Å². The summed E-state index contributed by atoms with van der Waals surface area (Å²) in [5.74, 6) is 2.15. The maximum atomic E-state index is 5.96. The summed E-state index contributed by atoms with van der Waals surface area (Å²) in [6.07, 6.45) is 1.30. The summed E-state index contributed by atoms with van der Waals surface area (Å²) in [6, 6.07) is 17.0. The fourth-order valence-corrected chi connectivity index (χ4v) is 3.42. The summed E-state index contributed by atoms with van der Waals surface area (Å²) in [5.41, 5.74) is 2.66. The van der Waals surface area contributed by atoms with Crippen LogP contribution in [0.15, 0.2) is 53.4 Å². The molecule has 0 aromatic heterocycles. The maximum absolute atomic E-state index is 5.96. The largest absolute Gasteiger partial charge is 0.488 e. The monoisotopic (exact) mass is 299 g/mol. The second-order valence-electron chi connectivity index (χ2n) is 5.42. The van der Waals surface area contributed by atoms with Gasteiger partial charge in [0.15, 0.2) is 0 Å². The zero-order valence-corrected chi connectivity index (χ0v) is 13.2. The van der Waals surface area contributed by atoms with Crippen molar-refractivity contribution in [2.75, 3.05) is 18.8 Å². The Balaban J connectivity index is 1.36. The van der Waals surface area contributed by atoms with Crippen LogP contribution in [0.1, 0.15) is 11.1 Å². The van der Waals surface area contributed by atoms with Crippen molar-refractivity contribution >= 4 is 11.8 Å². The number of hydrogen-bond donors (Lipinski definition) is 1. The Morgan fingerprint density at radius 3 is 2.90 bits per heavy atom. The third-order valence-electron chi connectivity index (χ3n) is 3.62. The van der Waals surface area contributed by atoms with E-state index >= 15 is 0 Å². The molecule has 21 heavy (non-hydrogen) atoms. The Labute approximate surface area is 130 Å². The van der Waals surface area contributed by atoms with Crippen molar-refractivity contribution in [2.24, 2.45) is 0 Å². The molecule has 0 saturated heterocycles. The molecule has 0 bridgehead atoms. The zero-order valence-electron chi connectivity index (χ0n) is 12.3. The summed E-state index contributed by atoms with van der Waals surface area (Å²) in [7, 11) is 0. The van der Waals surface area contributed by atoms with Crippen molar-refractivity contribution in [2.45, 2.75) is 24.3 Å². The van der Waals surface area contributed by atoms with Gasteiger partial charge in [-0.3, -0.25) is 0 Å². The Morgan fingerprint density at radius 1 is 1.19 bits per heavy atom. The number of aryl methyl sites for hydroxylation is 1. The number of nitrogens with one attached hydrogen (secondary N) is 1. The first-order valence-corrected chi connectivity index (χ1v) is 8.44. The summed E-state index contributed by atoms with van der Waals surface area (Å²) in [4.78, 5) is 1.33. The molecule has 1 N–H and O–H groups in total. The molecule has 1 atom stereocenters. The lowest BCUT2D eigenvalue weighted by atomic mass is 10.1. The van der Waals surface area contributed by atoms with E-state index in [4.69, 9.17) is 4.74 Å². The van der Waals surface area contributed by atoms with Crippen molar-refractivity contribution < 1.29 is 4.74 Å². The van der Waals surface area contributed by atoms with Gasteiger partial charge in [0, 0.05) is 30.2 Å². The molecular weight excluding hydrogens is 278 g/mol. The van der Waals surface area contributed by atoms with Gasteiger partial charge in [-0.05, 0) is 30.7 Å². The minimum atomic E-state index is 0.281. The first-order valence-electron chi connectivity index (χ1n) is 7.46. The first kappa shape index (κ1) is 14.5. The molecule has 1 aliphatic heterocycles. The van der Waals surface area contributed by atoms with Crippen LogP contribution in [0.5, 0.6) is 5.75 Å². The molecule has 1 unspecified atom stereocenters. The highest BCUT2D eigenvalue weighted by molar-refractivity contribution is 7.99. The first-order chi connectivity index (χ1) is 10.3. The lowest BCUT2D eigenvalue weighted by molar-refractivity contribution is 0.229. The van der Waals surface area contributed by atoms with Gasteiger partial charge in [0.05, 0.1) is 0 Å². The van der Waals surface area contributed by atoms with E-state index in [2.05, 4.69) is 60.8 Å². The van der Waals surface area contributed by atoms with Crippen LogP contribution in [0.3, 0.4) is 0 Å². The predicted octanol–water partition coefficient (Wildman–Crippen LogP) is 3.68. The topological polar surface area (TPSA) is 21.3 Å². The van der Waals surface area contributed by atoms with Gasteiger partial charge in [0.1, 0.15) is 11.9 Å². The maximum Gasteiger partial charge on any atom is 0.123 e. The van der Waals surface area contributed by atoms with Crippen molar-refractivity contribution in [1.29, 1.82) is 0 Å². The highest BCUT2D eigenvalue weighted by atomic mass is 32.2. The van der Waals surface area contributed by atoms with Crippen LogP contribution in [-0.4, -0.2) is 24.9 Å². The third-order valence-corrected chi connectivity index (χ3v) is 4.63. The molecule has 2 aromatic rings. The van der Waals surface area contributed by atoms with Crippen LogP contribution in [0, 0.1) is 6.92 Å². The van der Waals surface area contributed by atoms with Gasteiger partial charge in [-0.1, -0.05) is 35.9 Å². The fourth-order valence-electron chi connectivity index (χ4n) is 2.58. The molecule has 1 aliphatic rings. The predicted molar refractivity (Wildman–Crippen MR) is 89.3 cm³/mol. The highest BCUT2D eigenvalue weighted by Gasteiger charge is 2.22. The van der Waals surface area contributed by atoms with E-state index in [9.17, 15) is 0 Å². The lowest BCUT2D eigenvalue weighted by Crippen LogP contribution is -2.31. The number of thioether (sulfide) groups is 1. The van der Waals surface area contributed by atoms with Gasteiger partial charge >= 0.3 is 0 Å². The van der Waals surface area contributed by atoms with E-state index in [1.54, 1.807) is 0 Å². The fraction of sp³-hybridized carbons (Fsp3) is 0.333. The van der Waals surface area contributed by atoms with Gasteiger partial charge in [-0.25, -0.2) is 0 Å². The molecular formula is C18H21NOS. The van der Waals surface area contributed by atoms with E-state index < -0.39 is 0 Å². The van der Waals surface area contributed by atoms with Gasteiger partial charge in [0.25, 0.3) is 0 Å². The Kier molecular flexibility index (Phi) is 4.84. The molecule has 0 fully saturated rings. The second-order valence-corrected chi connectivity index (χ2v) is 6.59. The van der Waals surface area contributed by atoms with Crippen LogP contribution in [0.25, 0.3) is 0 Å². The standard InChI is InChI=1S/C18H21NOS/c1-14-7-8-18-15(11-14)12-16(20-18)13-19-9-10-21-17-5-3-2-4-6-17/h2-8,11,16,19H,9-10,12-13H2,1H3. The highest BCUT2D eigenvalue weighted by Crippen LogP contribution is 2.29. The average Bonchev–Trinajstić information content (AvgIpc) is 2.90. The van der Waals surface area contributed by atoms with Gasteiger partial charge in [-0.2, -0.15) is 0 Å². The van der Waals surface area contributed by atoms with Gasteiger partial charge < -0.3 is 10.1 Å². The number of rotatable bonds is 6. The Morgan fingerprint density at radius 2 is 2.05 bits per heavy atom. The number of hydrogen-bond acceptors (Lipinski definition) is 3. The zero-order chi connectivity index (χ0) is 14.5. The van der Waals surface area contributed by atoms with E-state index in [-0.39, 0.29) is 6.10 Å². The van der Waals surface area contributed by atoms with Crippen LogP contribution >= 0.6 is 11.8 Å². The molecule has 3 rings (SSSR count). The lowest BCUT2D eigenvalue weighted by Gasteiger charge is -2.11. The van der Waals surface area contributed by atoms with Crippen molar-refractivity contribution in [3.8, 4) is 5.75 Å². The molecule has 0 saturated carbocycles. The van der Waals surface area contributed by atoms with Crippen LogP contribution < -0.4 is 10.1 Å². The van der Waals surface area contributed by atoms with Gasteiger partial charge in [0.2, 0.25) is 0 Å². The van der Waals surface area contributed by atoms with Crippen molar-refractivity contribution in [1.82, 2.24) is 5.32 Å². The van der Waals surface area contributed by atoms with Crippen molar-refractivity contribution in [3.05, 3.63) is 59.7 Å². The smallest absolute Gasteiger partial charge is 0.123 e. The molecule has 1 heterocycles. The van der Waals surface area contributed by atoms with Crippen LogP contribution in [0.4, 0.5) is 0 Å². The molecule has 0 spiro atoms. The number of fused-ring (bicyclic) bond motifs is 1. The minimum absolute atomic E-state index is 0.281. The van der Waals surface area contributed by atoms with Crippen LogP contribution in [0.2, 0.25) is 0 Å². The number of ether oxygens (including phenoxy) is 1. The Hall–Kier alpha value is -1.45. The van der Waals surface area contributed by atoms with E-state index in [0.717, 1.165) is 31.0 Å². The SMILES string of the molecule is Cc1ccc2c(c1)CC(CNCCSc1ccccc1)O2. The van der Waals surface area contributed by atoms with E-state index in [1.165, 1.54) is 16.0 Å². The summed E-state index contributed by atoms with van der Waals surface area (Å²) in [5, 5.41) is 3.50. The summed E-state index contributed by atoms with van der Waals surface area (Å²) in [6.45, 7) is 4.06. The quantitative estimate of drug-likeness (QED) is 0.649. The van der Waals surface area contributed by atoms with E-state index in [1.807, 2.05) is 11.8 Å². The molecule has 2 aromatic carbocycles. The minimum Gasteiger partial charge on any atom is -0.488 e. The van der Waals surface area contributed by atoms with Crippen molar-refractivity contribution in [3.63, 3.8) is 0 Å². The molecule has 0 amide bonds. The Bertz CT molecular complexity index is 585. The second kappa shape index (κ2) is 7.01. The normalized spacial score (nSPS) is 16.5. The molecule has 2 nitrogen and oxygen atoms in total. The molecule has 110 valence electrons.